The van der Waals surface area contributed by atoms with Gasteiger partial charge >= 0.3 is 17.9 Å². The molecule has 6 heteroatoms. The number of unbranched alkanes of at least 4 members (excludes halogenated alkanes) is 32. The minimum absolute atomic E-state index is 0.0645. The molecule has 350 valence electrons. The van der Waals surface area contributed by atoms with Crippen LogP contribution in [0.4, 0.5) is 0 Å². The van der Waals surface area contributed by atoms with Crippen molar-refractivity contribution >= 4 is 17.9 Å². The minimum atomic E-state index is -0.762. The predicted octanol–water partition coefficient (Wildman–Crippen LogP) is 16.9. The smallest absolute Gasteiger partial charge is 0.306 e. The van der Waals surface area contributed by atoms with Gasteiger partial charge in [0.25, 0.3) is 0 Å². The number of hydrogen-bond acceptors (Lipinski definition) is 6. The number of rotatable bonds is 47. The molecule has 0 N–H and O–H groups in total. The van der Waals surface area contributed by atoms with Gasteiger partial charge in [-0.2, -0.15) is 0 Å². The Bertz CT molecular complexity index is 900. The summed E-state index contributed by atoms with van der Waals surface area (Å²) in [4.78, 5) is 37.9. The van der Waals surface area contributed by atoms with E-state index < -0.39 is 6.10 Å². The van der Waals surface area contributed by atoms with Crippen molar-refractivity contribution in [1.82, 2.24) is 0 Å². The summed E-state index contributed by atoms with van der Waals surface area (Å²) in [7, 11) is 0. The third-order valence-corrected chi connectivity index (χ3v) is 12.0. The Morgan fingerprint density at radius 2 is 0.559 bits per heavy atom. The molecule has 0 saturated carbocycles. The molecule has 0 unspecified atom stereocenters. The Kier molecular flexibility index (Phi) is 44.7. The van der Waals surface area contributed by atoms with E-state index >= 15 is 0 Å². The van der Waals surface area contributed by atoms with Crippen LogP contribution in [0.2, 0.25) is 0 Å². The molecule has 0 aliphatic rings. The lowest BCUT2D eigenvalue weighted by Crippen LogP contribution is -2.30. The minimum Gasteiger partial charge on any atom is -0.462 e. The first-order valence-electron chi connectivity index (χ1n) is 26.2. The second-order valence-corrected chi connectivity index (χ2v) is 19.1. The highest BCUT2D eigenvalue weighted by Gasteiger charge is 2.19. The Morgan fingerprint density at radius 3 is 0.831 bits per heavy atom. The van der Waals surface area contributed by atoms with Crippen LogP contribution in [0.25, 0.3) is 0 Å². The topological polar surface area (TPSA) is 78.9 Å². The number of esters is 3. The van der Waals surface area contributed by atoms with E-state index in [9.17, 15) is 14.4 Å². The van der Waals surface area contributed by atoms with Crippen molar-refractivity contribution in [3.63, 3.8) is 0 Å². The highest BCUT2D eigenvalue weighted by atomic mass is 16.6. The summed E-state index contributed by atoms with van der Waals surface area (Å²) in [6.45, 7) is 11.3. The molecule has 0 aromatic carbocycles. The van der Waals surface area contributed by atoms with Gasteiger partial charge in [-0.15, -0.1) is 0 Å². The van der Waals surface area contributed by atoms with Crippen molar-refractivity contribution in [1.29, 1.82) is 0 Å². The second kappa shape index (κ2) is 45.9. The van der Waals surface area contributed by atoms with Crippen LogP contribution < -0.4 is 0 Å². The molecule has 0 aliphatic carbocycles. The molecule has 0 amide bonds. The van der Waals surface area contributed by atoms with E-state index in [-0.39, 0.29) is 31.1 Å². The van der Waals surface area contributed by atoms with Gasteiger partial charge in [0.1, 0.15) is 13.2 Å². The SMILES string of the molecule is CCCCCCCCCCCCCCCCCCCCC(=O)OC[C@H](COC(=O)CCCCCCCCCCCCC(C)C)OC(=O)CCCCCCCCCC(C)C. The van der Waals surface area contributed by atoms with Gasteiger partial charge in [0.15, 0.2) is 6.10 Å². The zero-order chi connectivity index (χ0) is 43.3. The Labute approximate surface area is 368 Å². The zero-order valence-corrected chi connectivity index (χ0v) is 40.4. The third-order valence-electron chi connectivity index (χ3n) is 12.0. The summed E-state index contributed by atoms with van der Waals surface area (Å²) in [6.07, 6.45) is 46.7. The zero-order valence-electron chi connectivity index (χ0n) is 40.4. The van der Waals surface area contributed by atoms with Gasteiger partial charge in [-0.1, -0.05) is 253 Å². The summed E-state index contributed by atoms with van der Waals surface area (Å²) >= 11 is 0. The molecule has 6 nitrogen and oxygen atoms in total. The monoisotopic (exact) mass is 835 g/mol. The molecule has 0 fully saturated rings. The highest BCUT2D eigenvalue weighted by Crippen LogP contribution is 2.17. The van der Waals surface area contributed by atoms with Crippen molar-refractivity contribution in [2.24, 2.45) is 11.8 Å². The van der Waals surface area contributed by atoms with Gasteiger partial charge < -0.3 is 14.2 Å². The van der Waals surface area contributed by atoms with Crippen molar-refractivity contribution < 1.29 is 28.6 Å². The summed E-state index contributed by atoms with van der Waals surface area (Å²) in [6, 6.07) is 0. The standard InChI is InChI=1S/C53H102O6/c1-6-7-8-9-10-11-12-13-14-15-16-17-18-19-23-28-33-38-43-51(54)57-46-50(59-53(56)45-40-35-30-25-27-32-37-42-49(4)5)47-58-52(55)44-39-34-29-24-21-20-22-26-31-36-41-48(2)3/h48-50H,6-47H2,1-5H3/t50-/m1/s1. The maximum atomic E-state index is 12.7. The number of hydrogen-bond donors (Lipinski definition) is 0. The number of carbonyl (C=O) groups is 3. The summed E-state index contributed by atoms with van der Waals surface area (Å²) in [5.41, 5.74) is 0. The normalized spacial score (nSPS) is 12.1. The van der Waals surface area contributed by atoms with E-state index in [1.807, 2.05) is 0 Å². The van der Waals surface area contributed by atoms with E-state index in [2.05, 4.69) is 34.6 Å². The maximum Gasteiger partial charge on any atom is 0.306 e. The van der Waals surface area contributed by atoms with E-state index in [4.69, 9.17) is 14.2 Å². The lowest BCUT2D eigenvalue weighted by Gasteiger charge is -2.18. The Balaban J connectivity index is 4.24. The molecule has 59 heavy (non-hydrogen) atoms. The van der Waals surface area contributed by atoms with E-state index in [0.717, 1.165) is 69.6 Å². The molecule has 0 aliphatic heterocycles. The lowest BCUT2D eigenvalue weighted by molar-refractivity contribution is -0.167. The predicted molar refractivity (Wildman–Crippen MR) is 252 cm³/mol. The Hall–Kier alpha value is -1.59. The van der Waals surface area contributed by atoms with Gasteiger partial charge in [0.05, 0.1) is 0 Å². The molecule has 0 heterocycles. The fourth-order valence-corrected chi connectivity index (χ4v) is 7.99. The lowest BCUT2D eigenvalue weighted by atomic mass is 10.0. The van der Waals surface area contributed by atoms with Crippen molar-refractivity contribution in [2.45, 2.75) is 298 Å². The van der Waals surface area contributed by atoms with Crippen molar-refractivity contribution in [2.75, 3.05) is 13.2 Å². The molecule has 0 rings (SSSR count). The number of carbonyl (C=O) groups excluding carboxylic acids is 3. The van der Waals surface area contributed by atoms with Crippen LogP contribution in [0.15, 0.2) is 0 Å². The van der Waals surface area contributed by atoms with Gasteiger partial charge in [0.2, 0.25) is 0 Å². The van der Waals surface area contributed by atoms with Crippen LogP contribution in [0, 0.1) is 11.8 Å². The summed E-state index contributed by atoms with van der Waals surface area (Å²) < 4.78 is 16.8. The van der Waals surface area contributed by atoms with Gasteiger partial charge in [-0.25, -0.2) is 0 Å². The maximum absolute atomic E-state index is 12.7. The second-order valence-electron chi connectivity index (χ2n) is 19.1. The van der Waals surface area contributed by atoms with Gasteiger partial charge in [0, 0.05) is 19.3 Å². The van der Waals surface area contributed by atoms with Crippen molar-refractivity contribution in [3.05, 3.63) is 0 Å². The van der Waals surface area contributed by atoms with Crippen LogP contribution in [0.5, 0.6) is 0 Å². The first-order chi connectivity index (χ1) is 28.7. The molecular formula is C53H102O6. The molecule has 0 aromatic heterocycles. The molecule has 1 atom stereocenters. The third kappa shape index (κ3) is 47.3. The van der Waals surface area contributed by atoms with Crippen molar-refractivity contribution in [3.8, 4) is 0 Å². The fraction of sp³-hybridized carbons (Fsp3) is 0.943. The molecule has 0 radical (unpaired) electrons. The van der Waals surface area contributed by atoms with Crippen LogP contribution in [-0.2, 0) is 28.6 Å². The van der Waals surface area contributed by atoms with Crippen LogP contribution in [-0.4, -0.2) is 37.2 Å². The van der Waals surface area contributed by atoms with Crippen LogP contribution >= 0.6 is 0 Å². The Morgan fingerprint density at radius 1 is 0.322 bits per heavy atom. The average molecular weight is 835 g/mol. The molecular weight excluding hydrogens is 733 g/mol. The molecule has 0 spiro atoms. The molecule has 0 aromatic rings. The summed E-state index contributed by atoms with van der Waals surface area (Å²) in [5.74, 6) is 0.744. The molecule has 0 saturated heterocycles. The quantitative estimate of drug-likeness (QED) is 0.0345. The van der Waals surface area contributed by atoms with Gasteiger partial charge in [-0.3, -0.25) is 14.4 Å². The highest BCUT2D eigenvalue weighted by molar-refractivity contribution is 5.71. The van der Waals surface area contributed by atoms with Crippen LogP contribution in [0.1, 0.15) is 291 Å². The number of ether oxygens (including phenoxy) is 3. The fourth-order valence-electron chi connectivity index (χ4n) is 7.99. The largest absolute Gasteiger partial charge is 0.462 e. The first kappa shape index (κ1) is 57.4. The van der Waals surface area contributed by atoms with Gasteiger partial charge in [-0.05, 0) is 31.1 Å². The first-order valence-corrected chi connectivity index (χ1v) is 26.2. The van der Waals surface area contributed by atoms with E-state index in [0.29, 0.717) is 19.3 Å². The van der Waals surface area contributed by atoms with Crippen LogP contribution in [0.3, 0.4) is 0 Å². The van der Waals surface area contributed by atoms with E-state index in [1.54, 1.807) is 0 Å². The van der Waals surface area contributed by atoms with E-state index in [1.165, 1.54) is 180 Å². The summed E-state index contributed by atoms with van der Waals surface area (Å²) in [5, 5.41) is 0. The molecule has 0 bridgehead atoms. The average Bonchev–Trinajstić information content (AvgIpc) is 3.20.